The van der Waals surface area contributed by atoms with Gasteiger partial charge in [-0.2, -0.15) is 0 Å². The Morgan fingerprint density at radius 2 is 1.97 bits per heavy atom. The van der Waals surface area contributed by atoms with E-state index < -0.39 is 16.0 Å². The van der Waals surface area contributed by atoms with Crippen LogP contribution in [-0.4, -0.2) is 48.6 Å². The van der Waals surface area contributed by atoms with Crippen molar-refractivity contribution < 1.29 is 17.9 Å². The van der Waals surface area contributed by atoms with Gasteiger partial charge in [0.25, 0.3) is 0 Å². The monoisotopic (exact) mass is 467 g/mol. The highest BCUT2D eigenvalue weighted by Gasteiger charge is 2.20. The van der Waals surface area contributed by atoms with E-state index in [2.05, 4.69) is 4.98 Å². The molecule has 0 saturated carbocycles. The lowest BCUT2D eigenvalue weighted by Gasteiger charge is -2.11. The van der Waals surface area contributed by atoms with Gasteiger partial charge in [-0.15, -0.1) is 11.8 Å². The summed E-state index contributed by atoms with van der Waals surface area (Å²) in [7, 11) is -0.613. The Morgan fingerprint density at radius 1 is 1.23 bits per heavy atom. The van der Waals surface area contributed by atoms with Crippen molar-refractivity contribution in [3.63, 3.8) is 0 Å². The molecular formula is C20H22ClN3O4S2. The molecule has 0 aliphatic heterocycles. The van der Waals surface area contributed by atoms with Crippen LogP contribution < -0.4 is 0 Å². The van der Waals surface area contributed by atoms with Crippen LogP contribution in [0, 0.1) is 0 Å². The zero-order valence-electron chi connectivity index (χ0n) is 17.0. The van der Waals surface area contributed by atoms with Crippen LogP contribution in [0.1, 0.15) is 23.1 Å². The van der Waals surface area contributed by atoms with Gasteiger partial charge in [-0.25, -0.2) is 22.5 Å². The van der Waals surface area contributed by atoms with E-state index in [1.54, 1.807) is 24.3 Å². The van der Waals surface area contributed by atoms with E-state index in [1.807, 2.05) is 23.8 Å². The Balaban J connectivity index is 1.90. The van der Waals surface area contributed by atoms with Gasteiger partial charge in [0.1, 0.15) is 12.4 Å². The van der Waals surface area contributed by atoms with Crippen LogP contribution in [0.4, 0.5) is 0 Å². The standard InChI is InChI=1S/C20H22ClN3O4S2/c1-5-24-18-9-7-14(30(26,27)23(2)3)11-17(18)22-19(24)12-28-20(25)15-10-13(29-4)6-8-16(15)21/h6-11H,5,12H2,1-4H3. The van der Waals surface area contributed by atoms with Gasteiger partial charge in [-0.1, -0.05) is 11.6 Å². The van der Waals surface area contributed by atoms with E-state index in [4.69, 9.17) is 16.3 Å². The van der Waals surface area contributed by atoms with E-state index >= 15 is 0 Å². The molecule has 0 unspecified atom stereocenters. The molecule has 30 heavy (non-hydrogen) atoms. The number of thioether (sulfide) groups is 1. The number of carbonyl (C=O) groups is 1. The second-order valence-corrected chi connectivity index (χ2v) is 10.1. The number of aryl methyl sites for hydroxylation is 1. The minimum absolute atomic E-state index is 0.0586. The number of carbonyl (C=O) groups excluding carboxylic acids is 1. The summed E-state index contributed by atoms with van der Waals surface area (Å²) in [6.07, 6.45) is 1.91. The van der Waals surface area contributed by atoms with Crippen LogP contribution in [0.25, 0.3) is 11.0 Å². The largest absolute Gasteiger partial charge is 0.454 e. The molecule has 0 spiro atoms. The van der Waals surface area contributed by atoms with Gasteiger partial charge in [0.2, 0.25) is 10.0 Å². The van der Waals surface area contributed by atoms with Gasteiger partial charge >= 0.3 is 5.97 Å². The van der Waals surface area contributed by atoms with E-state index in [1.165, 1.54) is 31.9 Å². The average molecular weight is 468 g/mol. The summed E-state index contributed by atoms with van der Waals surface area (Å²) in [4.78, 5) is 18.1. The molecule has 0 aliphatic rings. The first-order valence-electron chi connectivity index (χ1n) is 9.11. The van der Waals surface area contributed by atoms with Gasteiger partial charge < -0.3 is 9.30 Å². The van der Waals surface area contributed by atoms with Gasteiger partial charge in [-0.3, -0.25) is 0 Å². The zero-order chi connectivity index (χ0) is 22.1. The molecule has 0 amide bonds. The quantitative estimate of drug-likeness (QED) is 0.385. The van der Waals surface area contributed by atoms with Crippen LogP contribution in [0.3, 0.4) is 0 Å². The molecule has 1 heterocycles. The molecule has 1 aromatic heterocycles. The van der Waals surface area contributed by atoms with Crippen LogP contribution >= 0.6 is 23.4 Å². The number of fused-ring (bicyclic) bond motifs is 1. The Bertz CT molecular complexity index is 1210. The molecule has 0 atom stereocenters. The van der Waals surface area contributed by atoms with Crippen molar-refractivity contribution in [2.45, 2.75) is 29.9 Å². The van der Waals surface area contributed by atoms with Crippen molar-refractivity contribution in [1.29, 1.82) is 0 Å². The molecule has 0 fully saturated rings. The second-order valence-electron chi connectivity index (χ2n) is 6.63. The lowest BCUT2D eigenvalue weighted by atomic mass is 10.2. The fourth-order valence-electron chi connectivity index (χ4n) is 2.99. The number of imidazole rings is 1. The molecular weight excluding hydrogens is 446 g/mol. The molecule has 0 radical (unpaired) electrons. The summed E-state index contributed by atoms with van der Waals surface area (Å²) in [5.41, 5.74) is 1.58. The van der Waals surface area contributed by atoms with Gasteiger partial charge in [0, 0.05) is 25.5 Å². The maximum Gasteiger partial charge on any atom is 0.340 e. The number of rotatable bonds is 7. The fourth-order valence-corrected chi connectivity index (χ4v) is 4.55. The van der Waals surface area contributed by atoms with Crippen molar-refractivity contribution in [1.82, 2.24) is 13.9 Å². The highest BCUT2D eigenvalue weighted by molar-refractivity contribution is 7.98. The molecule has 7 nitrogen and oxygen atoms in total. The lowest BCUT2D eigenvalue weighted by molar-refractivity contribution is 0.0458. The first kappa shape index (κ1) is 22.6. The molecule has 2 aromatic carbocycles. The third kappa shape index (κ3) is 4.34. The summed E-state index contributed by atoms with van der Waals surface area (Å²) in [5.74, 6) is -0.0149. The maximum atomic E-state index is 12.5. The van der Waals surface area contributed by atoms with E-state index in [0.717, 1.165) is 14.7 Å². The smallest absolute Gasteiger partial charge is 0.340 e. The summed E-state index contributed by atoms with van der Waals surface area (Å²) in [5, 5.41) is 0.320. The van der Waals surface area contributed by atoms with E-state index in [9.17, 15) is 13.2 Å². The summed E-state index contributed by atoms with van der Waals surface area (Å²) < 4.78 is 33.3. The molecule has 3 aromatic rings. The maximum absolute atomic E-state index is 12.5. The van der Waals surface area contributed by atoms with Gasteiger partial charge in [-0.05, 0) is 49.6 Å². The normalized spacial score (nSPS) is 11.9. The lowest BCUT2D eigenvalue weighted by Crippen LogP contribution is -2.22. The van der Waals surface area contributed by atoms with Crippen molar-refractivity contribution in [3.8, 4) is 0 Å². The highest BCUT2D eigenvalue weighted by Crippen LogP contribution is 2.25. The summed E-state index contributed by atoms with van der Waals surface area (Å²) in [6, 6.07) is 9.98. The van der Waals surface area contributed by atoms with Crippen molar-refractivity contribution in [2.24, 2.45) is 0 Å². The molecule has 3 rings (SSSR count). The van der Waals surface area contributed by atoms with Crippen LogP contribution in [-0.2, 0) is 27.9 Å². The highest BCUT2D eigenvalue weighted by atomic mass is 35.5. The molecule has 0 N–H and O–H groups in total. The van der Waals surface area contributed by atoms with Crippen LogP contribution in [0.5, 0.6) is 0 Å². The van der Waals surface area contributed by atoms with Crippen LogP contribution in [0.15, 0.2) is 46.2 Å². The third-order valence-corrected chi connectivity index (χ3v) is 7.49. The van der Waals surface area contributed by atoms with Crippen molar-refractivity contribution >= 4 is 50.4 Å². The molecule has 0 bridgehead atoms. The van der Waals surface area contributed by atoms with Crippen molar-refractivity contribution in [2.75, 3.05) is 20.4 Å². The number of hydrogen-bond donors (Lipinski definition) is 0. The topological polar surface area (TPSA) is 81.5 Å². The minimum atomic E-state index is -3.57. The second kappa shape index (κ2) is 8.97. The average Bonchev–Trinajstić information content (AvgIpc) is 3.08. The number of hydrogen-bond acceptors (Lipinski definition) is 6. The first-order valence-corrected chi connectivity index (χ1v) is 12.2. The molecule has 10 heteroatoms. The minimum Gasteiger partial charge on any atom is -0.454 e. The number of halogens is 1. The number of nitrogens with zero attached hydrogens (tertiary/aromatic N) is 3. The predicted octanol–water partition coefficient (Wildman–Crippen LogP) is 4.04. The van der Waals surface area contributed by atoms with Gasteiger partial charge in [0.05, 0.1) is 26.5 Å². The third-order valence-electron chi connectivity index (χ3n) is 4.62. The summed E-state index contributed by atoms with van der Waals surface area (Å²) in [6.45, 7) is 2.47. The fraction of sp³-hybridized carbons (Fsp3) is 0.300. The Kier molecular flexibility index (Phi) is 6.76. The van der Waals surface area contributed by atoms with E-state index in [-0.39, 0.29) is 11.5 Å². The van der Waals surface area contributed by atoms with Crippen molar-refractivity contribution in [3.05, 3.63) is 52.8 Å². The first-order chi connectivity index (χ1) is 14.2. The Morgan fingerprint density at radius 3 is 2.60 bits per heavy atom. The number of ether oxygens (including phenoxy) is 1. The Hall–Kier alpha value is -2.07. The number of esters is 1. The van der Waals surface area contributed by atoms with Gasteiger partial charge in [0.15, 0.2) is 0 Å². The Labute approximate surface area is 185 Å². The molecule has 160 valence electrons. The number of aromatic nitrogens is 2. The zero-order valence-corrected chi connectivity index (χ0v) is 19.4. The SMILES string of the molecule is CCn1c(COC(=O)c2cc(SC)ccc2Cl)nc2cc(S(=O)(=O)N(C)C)ccc21. The molecule has 0 saturated heterocycles. The van der Waals surface area contributed by atoms with Crippen LogP contribution in [0.2, 0.25) is 5.02 Å². The number of benzene rings is 2. The number of sulfonamides is 1. The predicted molar refractivity (Wildman–Crippen MR) is 119 cm³/mol. The summed E-state index contributed by atoms with van der Waals surface area (Å²) >= 11 is 7.65. The van der Waals surface area contributed by atoms with E-state index in [0.29, 0.717) is 28.5 Å². The molecule has 0 aliphatic carbocycles.